The average Bonchev–Trinajstić information content (AvgIpc) is 2.85. The number of hydrogen-bond donors (Lipinski definition) is 2. The van der Waals surface area contributed by atoms with E-state index in [9.17, 15) is 9.59 Å². The molecule has 20 heavy (non-hydrogen) atoms. The van der Waals surface area contributed by atoms with Crippen molar-refractivity contribution in [3.05, 3.63) is 24.3 Å². The van der Waals surface area contributed by atoms with Gasteiger partial charge in [-0.3, -0.25) is 4.79 Å². The highest BCUT2D eigenvalue weighted by molar-refractivity contribution is 8.01. The van der Waals surface area contributed by atoms with Crippen LogP contribution in [0.25, 0.3) is 0 Å². The maximum absolute atomic E-state index is 12.2. The molecule has 2 N–H and O–H groups in total. The third-order valence-electron chi connectivity index (χ3n) is 3.15. The van der Waals surface area contributed by atoms with Crippen LogP contribution >= 0.6 is 11.8 Å². The van der Waals surface area contributed by atoms with E-state index in [0.29, 0.717) is 11.4 Å². The molecule has 1 unspecified atom stereocenters. The molecule has 0 spiro atoms. The molecule has 1 saturated heterocycles. The van der Waals surface area contributed by atoms with Crippen LogP contribution in [0, 0.1) is 0 Å². The SMILES string of the molecule is CC1(C(=O)Nc2cccc(OCC(=O)O)c2)CCCS1. The third kappa shape index (κ3) is 3.66. The molecule has 0 aliphatic carbocycles. The highest BCUT2D eigenvalue weighted by Gasteiger charge is 2.37. The second-order valence-electron chi connectivity index (χ2n) is 4.85. The van der Waals surface area contributed by atoms with Gasteiger partial charge in [0.15, 0.2) is 6.61 Å². The van der Waals surface area contributed by atoms with E-state index in [1.807, 2.05) is 6.92 Å². The average molecular weight is 295 g/mol. The van der Waals surface area contributed by atoms with Crippen molar-refractivity contribution in [3.63, 3.8) is 0 Å². The Morgan fingerprint density at radius 3 is 2.95 bits per heavy atom. The van der Waals surface area contributed by atoms with Crippen LogP contribution in [0.2, 0.25) is 0 Å². The molecule has 0 saturated carbocycles. The molecule has 1 aromatic rings. The second-order valence-corrected chi connectivity index (χ2v) is 6.45. The summed E-state index contributed by atoms with van der Waals surface area (Å²) in [5.41, 5.74) is 0.617. The lowest BCUT2D eigenvalue weighted by Crippen LogP contribution is -2.34. The van der Waals surface area contributed by atoms with Crippen LogP contribution in [-0.4, -0.2) is 34.1 Å². The van der Waals surface area contributed by atoms with Crippen LogP contribution in [0.1, 0.15) is 19.8 Å². The number of amides is 1. The molecule has 1 aliphatic heterocycles. The van der Waals surface area contributed by atoms with Gasteiger partial charge in [-0.25, -0.2) is 4.79 Å². The molecule has 0 bridgehead atoms. The van der Waals surface area contributed by atoms with Gasteiger partial charge in [0.1, 0.15) is 5.75 Å². The van der Waals surface area contributed by atoms with Gasteiger partial charge in [-0.2, -0.15) is 0 Å². The predicted molar refractivity (Wildman–Crippen MR) is 78.3 cm³/mol. The van der Waals surface area contributed by atoms with Crippen molar-refractivity contribution in [1.29, 1.82) is 0 Å². The van der Waals surface area contributed by atoms with Crippen molar-refractivity contribution in [2.75, 3.05) is 17.7 Å². The van der Waals surface area contributed by atoms with Crippen molar-refractivity contribution < 1.29 is 19.4 Å². The molecule has 0 radical (unpaired) electrons. The summed E-state index contributed by atoms with van der Waals surface area (Å²) in [6, 6.07) is 6.76. The fourth-order valence-corrected chi connectivity index (χ4v) is 3.24. The molecular formula is C14H17NO4S. The van der Waals surface area contributed by atoms with E-state index in [2.05, 4.69) is 5.32 Å². The van der Waals surface area contributed by atoms with Gasteiger partial charge in [-0.1, -0.05) is 6.07 Å². The standard InChI is InChI=1S/C14H17NO4S/c1-14(6-3-7-20-14)13(18)15-10-4-2-5-11(8-10)19-9-12(16)17/h2,4-5,8H,3,6-7,9H2,1H3,(H,15,18)(H,16,17). The number of thioether (sulfide) groups is 1. The highest BCUT2D eigenvalue weighted by atomic mass is 32.2. The molecule has 108 valence electrons. The lowest BCUT2D eigenvalue weighted by Gasteiger charge is -2.21. The summed E-state index contributed by atoms with van der Waals surface area (Å²) in [6.07, 6.45) is 1.93. The Morgan fingerprint density at radius 1 is 1.50 bits per heavy atom. The Labute approximate surface area is 121 Å². The molecule has 1 fully saturated rings. The first-order valence-corrected chi connectivity index (χ1v) is 7.38. The summed E-state index contributed by atoms with van der Waals surface area (Å²) in [7, 11) is 0. The van der Waals surface area contributed by atoms with Crippen molar-refractivity contribution >= 4 is 29.3 Å². The summed E-state index contributed by atoms with van der Waals surface area (Å²) in [6.45, 7) is 1.55. The Morgan fingerprint density at radius 2 is 2.30 bits per heavy atom. The zero-order valence-electron chi connectivity index (χ0n) is 11.2. The molecule has 1 heterocycles. The number of anilines is 1. The Hall–Kier alpha value is -1.69. The van der Waals surface area contributed by atoms with Crippen molar-refractivity contribution in [2.45, 2.75) is 24.5 Å². The Bertz CT molecular complexity index is 512. The minimum atomic E-state index is -1.03. The van der Waals surface area contributed by atoms with E-state index in [1.54, 1.807) is 36.0 Å². The monoisotopic (exact) mass is 295 g/mol. The molecule has 6 heteroatoms. The molecule has 1 aliphatic rings. The van der Waals surface area contributed by atoms with Gasteiger partial charge in [-0.05, 0) is 37.7 Å². The molecule has 1 amide bonds. The van der Waals surface area contributed by atoms with Crippen molar-refractivity contribution in [2.24, 2.45) is 0 Å². The highest BCUT2D eigenvalue weighted by Crippen LogP contribution is 2.38. The van der Waals surface area contributed by atoms with Crippen LogP contribution in [0.4, 0.5) is 5.69 Å². The van der Waals surface area contributed by atoms with Crippen LogP contribution in [0.3, 0.4) is 0 Å². The number of carbonyl (C=O) groups excluding carboxylic acids is 1. The molecule has 1 atom stereocenters. The first-order chi connectivity index (χ1) is 9.49. The second kappa shape index (κ2) is 6.17. The first-order valence-electron chi connectivity index (χ1n) is 6.40. The van der Waals surface area contributed by atoms with Crippen LogP contribution < -0.4 is 10.1 Å². The number of rotatable bonds is 5. The molecule has 5 nitrogen and oxygen atoms in total. The minimum absolute atomic E-state index is 0.0182. The van der Waals surface area contributed by atoms with Crippen molar-refractivity contribution in [3.8, 4) is 5.75 Å². The fourth-order valence-electron chi connectivity index (χ4n) is 2.03. The maximum atomic E-state index is 12.2. The number of carboxylic acids is 1. The molecular weight excluding hydrogens is 278 g/mol. The molecule has 0 aromatic heterocycles. The first kappa shape index (κ1) is 14.7. The number of carboxylic acid groups (broad SMARTS) is 1. The van der Waals surface area contributed by atoms with E-state index in [0.717, 1.165) is 18.6 Å². The van der Waals surface area contributed by atoms with Gasteiger partial charge in [0.05, 0.1) is 4.75 Å². The topological polar surface area (TPSA) is 75.6 Å². The number of ether oxygens (including phenoxy) is 1. The zero-order chi connectivity index (χ0) is 14.6. The number of carbonyl (C=O) groups is 2. The predicted octanol–water partition coefficient (Wildman–Crippen LogP) is 2.37. The summed E-state index contributed by atoms with van der Waals surface area (Å²) in [5, 5.41) is 11.4. The summed E-state index contributed by atoms with van der Waals surface area (Å²) in [4.78, 5) is 22.7. The maximum Gasteiger partial charge on any atom is 0.341 e. The van der Waals surface area contributed by atoms with Crippen LogP contribution in [0.5, 0.6) is 5.75 Å². The van der Waals surface area contributed by atoms with E-state index in [4.69, 9.17) is 9.84 Å². The molecule has 2 rings (SSSR count). The number of hydrogen-bond acceptors (Lipinski definition) is 4. The van der Waals surface area contributed by atoms with E-state index < -0.39 is 12.6 Å². The van der Waals surface area contributed by atoms with Gasteiger partial charge in [-0.15, -0.1) is 11.8 Å². The van der Waals surface area contributed by atoms with E-state index in [1.165, 1.54) is 0 Å². The van der Waals surface area contributed by atoms with E-state index >= 15 is 0 Å². The number of benzene rings is 1. The van der Waals surface area contributed by atoms with Crippen molar-refractivity contribution in [1.82, 2.24) is 0 Å². The van der Waals surface area contributed by atoms with E-state index in [-0.39, 0.29) is 10.7 Å². The normalized spacial score (nSPS) is 21.4. The minimum Gasteiger partial charge on any atom is -0.482 e. The lowest BCUT2D eigenvalue weighted by molar-refractivity contribution is -0.139. The Balaban J connectivity index is 2.00. The summed E-state index contributed by atoms with van der Waals surface area (Å²) >= 11 is 1.67. The summed E-state index contributed by atoms with van der Waals surface area (Å²) < 4.78 is 4.71. The van der Waals surface area contributed by atoms with Gasteiger partial charge in [0.25, 0.3) is 0 Å². The third-order valence-corrected chi connectivity index (χ3v) is 4.67. The largest absolute Gasteiger partial charge is 0.482 e. The van der Waals surface area contributed by atoms with Crippen LogP contribution in [-0.2, 0) is 9.59 Å². The van der Waals surface area contributed by atoms with Gasteiger partial charge >= 0.3 is 5.97 Å². The zero-order valence-corrected chi connectivity index (χ0v) is 12.0. The number of nitrogens with one attached hydrogen (secondary N) is 1. The van der Waals surface area contributed by atoms with Gasteiger partial charge in [0, 0.05) is 11.8 Å². The van der Waals surface area contributed by atoms with Gasteiger partial charge < -0.3 is 15.2 Å². The smallest absolute Gasteiger partial charge is 0.341 e. The summed E-state index contributed by atoms with van der Waals surface area (Å²) in [5.74, 6) is 0.380. The van der Waals surface area contributed by atoms with Crippen LogP contribution in [0.15, 0.2) is 24.3 Å². The Kier molecular flexibility index (Phi) is 4.54. The van der Waals surface area contributed by atoms with Gasteiger partial charge in [0.2, 0.25) is 5.91 Å². The number of aliphatic carboxylic acids is 1. The quantitative estimate of drug-likeness (QED) is 0.872. The molecule has 1 aromatic carbocycles. The fraction of sp³-hybridized carbons (Fsp3) is 0.429. The lowest BCUT2D eigenvalue weighted by atomic mass is 10.0.